The smallest absolute Gasteiger partial charge is 0.317 e. The Balaban J connectivity index is 1.60. The van der Waals surface area contributed by atoms with E-state index in [4.69, 9.17) is 0 Å². The van der Waals surface area contributed by atoms with Crippen molar-refractivity contribution in [2.24, 2.45) is 0 Å². The van der Waals surface area contributed by atoms with Crippen LogP contribution in [0.25, 0.3) is 10.7 Å². The van der Waals surface area contributed by atoms with Gasteiger partial charge in [0.05, 0.1) is 12.2 Å². The predicted octanol–water partition coefficient (Wildman–Crippen LogP) is 1.74. The summed E-state index contributed by atoms with van der Waals surface area (Å²) in [5, 5.41) is 9.03. The molecule has 4 rings (SSSR count). The fraction of sp³-hybridized carbons (Fsp3) is 0.438. The summed E-state index contributed by atoms with van der Waals surface area (Å²) in [6.45, 7) is 3.80. The zero-order valence-corrected chi connectivity index (χ0v) is 15.0. The van der Waals surface area contributed by atoms with Crippen LogP contribution in [0.3, 0.4) is 0 Å². The number of pyridine rings is 1. The Morgan fingerprint density at radius 2 is 2.00 bits per heavy atom. The van der Waals surface area contributed by atoms with Gasteiger partial charge in [0.15, 0.2) is 10.8 Å². The maximum absolute atomic E-state index is 13.1. The molecular weight excluding hydrogens is 361 g/mol. The molecule has 1 aliphatic heterocycles. The molecule has 2 fully saturated rings. The molecule has 0 bridgehead atoms. The molecule has 0 unspecified atom stereocenters. The Morgan fingerprint density at radius 1 is 1.27 bits per heavy atom. The van der Waals surface area contributed by atoms with Crippen LogP contribution in [0.4, 0.5) is 9.18 Å². The number of carbonyl (C=O) groups is 2. The van der Waals surface area contributed by atoms with Gasteiger partial charge in [0.1, 0.15) is 10.5 Å². The van der Waals surface area contributed by atoms with Crippen molar-refractivity contribution < 1.29 is 14.0 Å². The monoisotopic (exact) mass is 377 g/mol. The SMILES string of the molecule is CC(C)N1C(=O)N(Cc2nnc(-c3ccc(F)c(=O)[nH]3)s2)C2(CC2)C1=O. The van der Waals surface area contributed by atoms with Crippen LogP contribution >= 0.6 is 11.3 Å². The highest BCUT2D eigenvalue weighted by Crippen LogP contribution is 2.49. The second-order valence-electron chi connectivity index (χ2n) is 6.72. The number of imide groups is 1. The molecule has 0 radical (unpaired) electrons. The average molecular weight is 377 g/mol. The molecule has 3 amide bonds. The highest BCUT2D eigenvalue weighted by atomic mass is 32.1. The number of H-pyrrole nitrogens is 1. The van der Waals surface area contributed by atoms with Crippen molar-refractivity contribution in [3.8, 4) is 10.7 Å². The summed E-state index contributed by atoms with van der Waals surface area (Å²) >= 11 is 1.19. The third-order valence-electron chi connectivity index (χ3n) is 4.66. The third kappa shape index (κ3) is 2.44. The summed E-state index contributed by atoms with van der Waals surface area (Å²) in [4.78, 5) is 41.9. The van der Waals surface area contributed by atoms with E-state index in [2.05, 4.69) is 15.2 Å². The van der Waals surface area contributed by atoms with Crippen molar-refractivity contribution in [3.63, 3.8) is 0 Å². The van der Waals surface area contributed by atoms with Gasteiger partial charge in [-0.2, -0.15) is 0 Å². The number of halogens is 1. The lowest BCUT2D eigenvalue weighted by molar-refractivity contribution is -0.130. The lowest BCUT2D eigenvalue weighted by Gasteiger charge is -2.20. The molecule has 0 aromatic carbocycles. The number of nitrogens with one attached hydrogen (secondary N) is 1. The van der Waals surface area contributed by atoms with Crippen LogP contribution in [0.15, 0.2) is 16.9 Å². The van der Waals surface area contributed by atoms with Gasteiger partial charge >= 0.3 is 6.03 Å². The first kappa shape index (κ1) is 16.8. The van der Waals surface area contributed by atoms with Gasteiger partial charge in [-0.3, -0.25) is 14.5 Å². The van der Waals surface area contributed by atoms with Crippen LogP contribution in [0.5, 0.6) is 0 Å². The lowest BCUT2D eigenvalue weighted by atomic mass is 10.2. The first-order valence-corrected chi connectivity index (χ1v) is 9.02. The highest BCUT2D eigenvalue weighted by Gasteiger charge is 2.65. The van der Waals surface area contributed by atoms with E-state index >= 15 is 0 Å². The molecular formula is C16H16FN5O3S. The number of urea groups is 1. The number of hydrogen-bond acceptors (Lipinski definition) is 6. The normalized spacial score (nSPS) is 18.5. The summed E-state index contributed by atoms with van der Waals surface area (Å²) in [6.07, 6.45) is 1.30. The number of rotatable bonds is 4. The minimum Gasteiger partial charge on any atom is -0.317 e. The fourth-order valence-corrected chi connectivity index (χ4v) is 3.97. The molecule has 2 aliphatic rings. The van der Waals surface area contributed by atoms with E-state index < -0.39 is 16.9 Å². The Labute approximate surface area is 151 Å². The second kappa shape index (κ2) is 5.70. The molecule has 1 aliphatic carbocycles. The topological polar surface area (TPSA) is 99.3 Å². The zero-order valence-electron chi connectivity index (χ0n) is 14.2. The van der Waals surface area contributed by atoms with E-state index in [-0.39, 0.29) is 24.5 Å². The Hall–Kier alpha value is -2.62. The van der Waals surface area contributed by atoms with Gasteiger partial charge in [-0.15, -0.1) is 10.2 Å². The van der Waals surface area contributed by atoms with Gasteiger partial charge in [0.25, 0.3) is 11.5 Å². The Kier molecular flexibility index (Phi) is 3.69. The van der Waals surface area contributed by atoms with Crippen molar-refractivity contribution in [2.45, 2.75) is 44.8 Å². The van der Waals surface area contributed by atoms with Crippen LogP contribution in [0.1, 0.15) is 31.7 Å². The van der Waals surface area contributed by atoms with E-state index in [1.54, 1.807) is 4.90 Å². The summed E-state index contributed by atoms with van der Waals surface area (Å²) < 4.78 is 13.1. The summed E-state index contributed by atoms with van der Waals surface area (Å²) in [6, 6.07) is 1.97. The molecule has 8 nitrogen and oxygen atoms in total. The van der Waals surface area contributed by atoms with Crippen LogP contribution < -0.4 is 5.56 Å². The predicted molar refractivity (Wildman–Crippen MR) is 90.8 cm³/mol. The molecule has 136 valence electrons. The molecule has 2 aromatic rings. The van der Waals surface area contributed by atoms with Crippen molar-refractivity contribution in [3.05, 3.63) is 33.3 Å². The number of nitrogens with zero attached hydrogens (tertiary/aromatic N) is 4. The van der Waals surface area contributed by atoms with Crippen LogP contribution in [0.2, 0.25) is 0 Å². The molecule has 1 saturated carbocycles. The molecule has 0 atom stereocenters. The van der Waals surface area contributed by atoms with Crippen molar-refractivity contribution >= 4 is 23.3 Å². The van der Waals surface area contributed by atoms with E-state index in [1.807, 2.05) is 13.8 Å². The summed E-state index contributed by atoms with van der Waals surface area (Å²) in [5.74, 6) is -1.02. The molecule has 1 N–H and O–H groups in total. The largest absolute Gasteiger partial charge is 0.328 e. The Morgan fingerprint density at radius 3 is 2.62 bits per heavy atom. The average Bonchev–Trinajstić information content (AvgIpc) is 3.21. The number of aromatic amines is 1. The van der Waals surface area contributed by atoms with Gasteiger partial charge < -0.3 is 9.88 Å². The molecule has 1 spiro atoms. The van der Waals surface area contributed by atoms with Gasteiger partial charge in [0.2, 0.25) is 0 Å². The number of hydrogen-bond donors (Lipinski definition) is 1. The lowest BCUT2D eigenvalue weighted by Crippen LogP contribution is -2.37. The van der Waals surface area contributed by atoms with Crippen molar-refractivity contribution in [2.75, 3.05) is 0 Å². The molecule has 2 aromatic heterocycles. The van der Waals surface area contributed by atoms with Gasteiger partial charge in [-0.25, -0.2) is 9.18 Å². The van der Waals surface area contributed by atoms with Gasteiger partial charge in [0, 0.05) is 6.04 Å². The maximum Gasteiger partial charge on any atom is 0.328 e. The highest BCUT2D eigenvalue weighted by molar-refractivity contribution is 7.14. The van der Waals surface area contributed by atoms with E-state index in [0.717, 1.165) is 6.07 Å². The number of aromatic nitrogens is 3. The molecule has 10 heteroatoms. The first-order chi connectivity index (χ1) is 12.3. The maximum atomic E-state index is 13.1. The molecule has 1 saturated heterocycles. The van der Waals surface area contributed by atoms with Crippen LogP contribution in [-0.2, 0) is 11.3 Å². The fourth-order valence-electron chi connectivity index (χ4n) is 3.16. The summed E-state index contributed by atoms with van der Waals surface area (Å²) in [5.41, 5.74) is -1.21. The van der Waals surface area contributed by atoms with Crippen molar-refractivity contribution in [1.29, 1.82) is 0 Å². The minimum absolute atomic E-state index is 0.148. The minimum atomic E-state index is -0.871. The number of carbonyl (C=O) groups excluding carboxylic acids is 2. The van der Waals surface area contributed by atoms with Gasteiger partial charge in [-0.1, -0.05) is 11.3 Å². The third-order valence-corrected chi connectivity index (χ3v) is 5.60. The molecule has 26 heavy (non-hydrogen) atoms. The standard InChI is InChI=1S/C16H16FN5O3S/c1-8(2)22-14(24)16(5-6-16)21(15(22)25)7-11-19-20-13(26-11)10-4-3-9(17)12(23)18-10/h3-4,8H,5-7H2,1-2H3,(H,18,23). The quantitative estimate of drug-likeness (QED) is 0.818. The number of amides is 3. The zero-order chi connectivity index (χ0) is 18.6. The van der Waals surface area contributed by atoms with E-state index in [9.17, 15) is 18.8 Å². The van der Waals surface area contributed by atoms with Crippen molar-refractivity contribution in [1.82, 2.24) is 25.0 Å². The van der Waals surface area contributed by atoms with Crippen LogP contribution in [-0.4, -0.2) is 48.5 Å². The van der Waals surface area contributed by atoms with Gasteiger partial charge in [-0.05, 0) is 38.8 Å². The van der Waals surface area contributed by atoms with Crippen LogP contribution in [0, 0.1) is 5.82 Å². The Bertz CT molecular complexity index is 965. The van der Waals surface area contributed by atoms with E-state index in [0.29, 0.717) is 28.6 Å². The summed E-state index contributed by atoms with van der Waals surface area (Å²) in [7, 11) is 0. The van der Waals surface area contributed by atoms with E-state index in [1.165, 1.54) is 22.3 Å². The second-order valence-corrected chi connectivity index (χ2v) is 7.78. The molecule has 3 heterocycles. The first-order valence-electron chi connectivity index (χ1n) is 8.20.